The van der Waals surface area contributed by atoms with Crippen molar-refractivity contribution in [2.24, 2.45) is 0 Å². The average molecular weight is 295 g/mol. The Bertz CT molecular complexity index is 520. The van der Waals surface area contributed by atoms with Crippen LogP contribution in [0.15, 0.2) is 24.5 Å². The van der Waals surface area contributed by atoms with Gasteiger partial charge in [0.05, 0.1) is 18.2 Å². The molecule has 1 rings (SSSR count). The van der Waals surface area contributed by atoms with Crippen molar-refractivity contribution < 1.29 is 14.1 Å². The van der Waals surface area contributed by atoms with Crippen LogP contribution < -0.4 is 4.57 Å². The second kappa shape index (κ2) is 7.84. The van der Waals surface area contributed by atoms with E-state index in [0.717, 1.165) is 5.56 Å². The lowest BCUT2D eigenvalue weighted by Gasteiger charge is -2.02. The van der Waals surface area contributed by atoms with E-state index in [0.29, 0.717) is 16.5 Å². The second-order valence-corrected chi connectivity index (χ2v) is 5.29. The van der Waals surface area contributed by atoms with Crippen LogP contribution in [-0.4, -0.2) is 28.4 Å². The van der Waals surface area contributed by atoms with Gasteiger partial charge in [-0.25, -0.2) is 0 Å². The van der Waals surface area contributed by atoms with E-state index in [2.05, 4.69) is 5.87 Å². The Morgan fingerprint density at radius 3 is 2.68 bits per heavy atom. The molecule has 0 aliphatic carbocycles. The molecule has 19 heavy (non-hydrogen) atoms. The van der Waals surface area contributed by atoms with Crippen molar-refractivity contribution >= 4 is 45.7 Å². The van der Waals surface area contributed by atoms with E-state index in [-0.39, 0.29) is 11.7 Å². The number of thioether (sulfide) groups is 1. The highest BCUT2D eigenvalue weighted by Crippen LogP contribution is 2.11. The zero-order chi connectivity index (χ0) is 14.3. The quantitative estimate of drug-likeness (QED) is 0.297. The number of hydrogen-bond donors (Lipinski definition) is 1. The number of rotatable bonds is 5. The molecule has 1 aromatic heterocycles. The summed E-state index contributed by atoms with van der Waals surface area (Å²) in [5.41, 5.74) is 1.56. The zero-order valence-corrected chi connectivity index (χ0v) is 12.4. The first-order valence-electron chi connectivity index (χ1n) is 5.69. The maximum Gasteiger partial charge on any atom is 0.316 e. The maximum atomic E-state index is 11.3. The van der Waals surface area contributed by atoms with Crippen LogP contribution >= 0.6 is 24.0 Å². The van der Waals surface area contributed by atoms with Crippen molar-refractivity contribution in [1.82, 2.24) is 0 Å². The van der Waals surface area contributed by atoms with Crippen molar-refractivity contribution in [3.63, 3.8) is 0 Å². The molecule has 0 amide bonds. The molecule has 0 aliphatic rings. The van der Waals surface area contributed by atoms with E-state index in [9.17, 15) is 4.79 Å². The van der Waals surface area contributed by atoms with E-state index >= 15 is 0 Å². The van der Waals surface area contributed by atoms with Crippen LogP contribution in [0.4, 0.5) is 0 Å². The first-order chi connectivity index (χ1) is 9.08. The SMILES string of the molecule is CCOC(=O)CSC(=S)C(=C=N)[n+]1ccc(C)cc1. The largest absolute Gasteiger partial charge is 0.465 e. The number of hydrogen-bond acceptors (Lipinski definition) is 5. The first kappa shape index (κ1) is 15.6. The molecule has 1 heterocycles. The van der Waals surface area contributed by atoms with Gasteiger partial charge in [0.1, 0.15) is 0 Å². The third kappa shape index (κ3) is 4.95. The molecule has 0 spiro atoms. The van der Waals surface area contributed by atoms with Gasteiger partial charge in [0.25, 0.3) is 5.70 Å². The minimum atomic E-state index is -0.312. The molecule has 0 saturated carbocycles. The molecule has 0 atom stereocenters. The van der Waals surface area contributed by atoms with Crippen LogP contribution in [0, 0.1) is 12.3 Å². The average Bonchev–Trinajstić information content (AvgIpc) is 2.40. The number of pyridine rings is 1. The Balaban J connectivity index is 2.71. The van der Waals surface area contributed by atoms with E-state index in [1.165, 1.54) is 11.8 Å². The number of esters is 1. The van der Waals surface area contributed by atoms with Gasteiger partial charge in [0.2, 0.25) is 0 Å². The van der Waals surface area contributed by atoms with Crippen LogP contribution in [0.1, 0.15) is 12.5 Å². The fourth-order valence-corrected chi connectivity index (χ4v) is 2.23. The lowest BCUT2D eigenvalue weighted by molar-refractivity contribution is -0.574. The first-order valence-corrected chi connectivity index (χ1v) is 7.08. The smallest absolute Gasteiger partial charge is 0.316 e. The molecule has 100 valence electrons. The van der Waals surface area contributed by atoms with Crippen LogP contribution in [0.2, 0.25) is 0 Å². The summed E-state index contributed by atoms with van der Waals surface area (Å²) in [6, 6.07) is 3.83. The van der Waals surface area contributed by atoms with Crippen LogP contribution in [0.25, 0.3) is 5.70 Å². The normalized spacial score (nSPS) is 9.58. The van der Waals surface area contributed by atoms with Crippen molar-refractivity contribution in [3.8, 4) is 0 Å². The Labute approximate surface area is 122 Å². The Hall–Kier alpha value is -1.49. The second-order valence-electron chi connectivity index (χ2n) is 3.64. The number of aromatic nitrogens is 1. The zero-order valence-electron chi connectivity index (χ0n) is 10.8. The van der Waals surface area contributed by atoms with E-state index in [4.69, 9.17) is 22.4 Å². The Morgan fingerprint density at radius 2 is 2.16 bits per heavy atom. The summed E-state index contributed by atoms with van der Waals surface area (Å²) in [5, 5.41) is 7.32. The number of aryl methyl sites for hydroxylation is 1. The minimum absolute atomic E-state index is 0.143. The standard InChI is InChI=1S/C13H15N2O2S2/c1-3-17-12(16)9-19-13(18)11(8-14)15-6-4-10(2)5-7-15/h4-7,14H,3,9H2,1-2H3/q+1. The Kier molecular flexibility index (Phi) is 6.42. The third-order valence-corrected chi connectivity index (χ3v) is 3.57. The summed E-state index contributed by atoms with van der Waals surface area (Å²) in [5.74, 6) is 2.14. The number of carbonyl (C=O) groups is 1. The molecular formula is C13H15N2O2S2+. The lowest BCUT2D eigenvalue weighted by atomic mass is 10.3. The topological polar surface area (TPSA) is 54.0 Å². The summed E-state index contributed by atoms with van der Waals surface area (Å²) < 4.78 is 6.97. The van der Waals surface area contributed by atoms with Gasteiger partial charge in [-0.3, -0.25) is 10.2 Å². The van der Waals surface area contributed by atoms with E-state index in [1.807, 2.05) is 31.5 Å². The van der Waals surface area contributed by atoms with Crippen LogP contribution in [-0.2, 0) is 9.53 Å². The fourth-order valence-electron chi connectivity index (χ4n) is 1.27. The molecule has 1 N–H and O–H groups in total. The highest BCUT2D eigenvalue weighted by molar-refractivity contribution is 8.24. The highest BCUT2D eigenvalue weighted by Gasteiger charge is 2.18. The van der Waals surface area contributed by atoms with Crippen LogP contribution in [0.3, 0.4) is 0 Å². The molecule has 1 aromatic rings. The molecule has 0 radical (unpaired) electrons. The van der Waals surface area contributed by atoms with Crippen molar-refractivity contribution in [1.29, 1.82) is 5.41 Å². The highest BCUT2D eigenvalue weighted by atomic mass is 32.2. The molecular weight excluding hydrogens is 280 g/mol. The van der Waals surface area contributed by atoms with Crippen molar-refractivity contribution in [2.75, 3.05) is 12.4 Å². The lowest BCUT2D eigenvalue weighted by Crippen LogP contribution is -2.34. The molecule has 4 nitrogen and oxygen atoms in total. The summed E-state index contributed by atoms with van der Waals surface area (Å²) in [6.45, 7) is 4.09. The number of thiocarbonyl (C=S) groups is 1. The summed E-state index contributed by atoms with van der Waals surface area (Å²) in [7, 11) is 0. The third-order valence-electron chi connectivity index (χ3n) is 2.19. The van der Waals surface area contributed by atoms with Crippen molar-refractivity contribution in [2.45, 2.75) is 13.8 Å². The van der Waals surface area contributed by atoms with Gasteiger partial charge in [0, 0.05) is 12.1 Å². The number of nitrogens with one attached hydrogen (secondary N) is 1. The van der Waals surface area contributed by atoms with Gasteiger partial charge in [0.15, 0.2) is 16.6 Å². The van der Waals surface area contributed by atoms with Crippen molar-refractivity contribution in [3.05, 3.63) is 30.1 Å². The molecule has 0 aliphatic heterocycles. The molecule has 0 unspecified atom stereocenters. The Morgan fingerprint density at radius 1 is 1.53 bits per heavy atom. The summed E-state index contributed by atoms with van der Waals surface area (Å²) in [6.07, 6.45) is 3.62. The minimum Gasteiger partial charge on any atom is -0.465 e. The van der Waals surface area contributed by atoms with Gasteiger partial charge in [-0.15, -0.1) is 0 Å². The molecule has 0 fully saturated rings. The van der Waals surface area contributed by atoms with Crippen LogP contribution in [0.5, 0.6) is 0 Å². The van der Waals surface area contributed by atoms with Gasteiger partial charge in [-0.2, -0.15) is 4.57 Å². The molecule has 0 bridgehead atoms. The molecule has 0 aromatic carbocycles. The number of ether oxygens (including phenoxy) is 1. The van der Waals surface area contributed by atoms with Gasteiger partial charge < -0.3 is 4.74 Å². The maximum absolute atomic E-state index is 11.3. The van der Waals surface area contributed by atoms with E-state index in [1.54, 1.807) is 11.5 Å². The number of nitrogens with zero attached hydrogens (tertiary/aromatic N) is 1. The molecule has 0 saturated heterocycles. The van der Waals surface area contributed by atoms with Gasteiger partial charge in [-0.05, 0) is 19.4 Å². The number of carbonyl (C=O) groups excluding carboxylic acids is 1. The monoisotopic (exact) mass is 295 g/mol. The fraction of sp³-hybridized carbons (Fsp3) is 0.308. The summed E-state index contributed by atoms with van der Waals surface area (Å²) in [4.78, 5) is 11.3. The predicted molar refractivity (Wildman–Crippen MR) is 80.5 cm³/mol. The predicted octanol–water partition coefficient (Wildman–Crippen LogP) is 2.00. The van der Waals surface area contributed by atoms with E-state index < -0.39 is 0 Å². The van der Waals surface area contributed by atoms with Gasteiger partial charge in [-0.1, -0.05) is 24.0 Å². The molecule has 6 heteroatoms. The van der Waals surface area contributed by atoms with Gasteiger partial charge >= 0.3 is 5.97 Å². The summed E-state index contributed by atoms with van der Waals surface area (Å²) >= 11 is 6.38.